The van der Waals surface area contributed by atoms with Crippen molar-refractivity contribution in [2.45, 2.75) is 45.6 Å². The second-order valence-corrected chi connectivity index (χ2v) is 4.99. The lowest BCUT2D eigenvalue weighted by Gasteiger charge is -2.29. The van der Waals surface area contributed by atoms with Crippen LogP contribution in [0.15, 0.2) is 12.2 Å². The van der Waals surface area contributed by atoms with E-state index in [-0.39, 0.29) is 0 Å². The maximum absolute atomic E-state index is 5.46. The highest BCUT2D eigenvalue weighted by molar-refractivity contribution is 4.89. The van der Waals surface area contributed by atoms with Crippen LogP contribution in [0, 0.1) is 5.92 Å². The molecular weight excluding hydrogens is 184 g/mol. The van der Waals surface area contributed by atoms with E-state index in [0.29, 0.717) is 6.54 Å². The maximum atomic E-state index is 5.46. The Morgan fingerprint density at radius 3 is 2.47 bits per heavy atom. The molecule has 0 unspecified atom stereocenters. The van der Waals surface area contributed by atoms with Crippen LogP contribution >= 0.6 is 0 Å². The van der Waals surface area contributed by atoms with E-state index < -0.39 is 0 Å². The Bertz CT molecular complexity index is 181. The third-order valence-corrected chi connectivity index (χ3v) is 3.08. The molecule has 2 nitrogen and oxygen atoms in total. The number of hydrogen-bond donors (Lipinski definition) is 1. The molecule has 0 saturated heterocycles. The van der Waals surface area contributed by atoms with Gasteiger partial charge in [-0.05, 0) is 18.8 Å². The molecule has 0 spiro atoms. The summed E-state index contributed by atoms with van der Waals surface area (Å²) < 4.78 is 0. The predicted molar refractivity (Wildman–Crippen MR) is 66.9 cm³/mol. The summed E-state index contributed by atoms with van der Waals surface area (Å²) in [5.41, 5.74) is 5.46. The molecule has 2 heteroatoms. The summed E-state index contributed by atoms with van der Waals surface area (Å²) in [6.07, 6.45) is 9.91. The molecule has 0 aromatic heterocycles. The molecule has 0 heterocycles. The first-order valence-corrected chi connectivity index (χ1v) is 6.33. The highest BCUT2D eigenvalue weighted by atomic mass is 15.2. The fourth-order valence-corrected chi connectivity index (χ4v) is 2.42. The Kier molecular flexibility index (Phi) is 5.96. The number of rotatable bonds is 6. The summed E-state index contributed by atoms with van der Waals surface area (Å²) in [5.74, 6) is 0.761. The van der Waals surface area contributed by atoms with E-state index in [2.05, 4.69) is 30.9 Å². The van der Waals surface area contributed by atoms with Gasteiger partial charge >= 0.3 is 0 Å². The zero-order chi connectivity index (χ0) is 11.1. The molecule has 0 amide bonds. The Labute approximate surface area is 94.5 Å². The molecule has 0 aromatic rings. The van der Waals surface area contributed by atoms with Gasteiger partial charge in [-0.2, -0.15) is 0 Å². The normalized spacial score (nSPS) is 18.7. The van der Waals surface area contributed by atoms with Gasteiger partial charge in [0, 0.05) is 25.7 Å². The van der Waals surface area contributed by atoms with E-state index in [1.807, 2.05) is 0 Å². The predicted octanol–water partition coefficient (Wildman–Crippen LogP) is 2.40. The summed E-state index contributed by atoms with van der Waals surface area (Å²) >= 11 is 0. The second kappa shape index (κ2) is 7.02. The SMILES string of the molecule is CC(C)CN(CC=CCN)C1CCCC1. The standard InChI is InChI=1S/C13H26N2/c1-12(2)11-15(10-6-5-9-14)13-7-3-4-8-13/h5-6,12-13H,3-4,7-11,14H2,1-2H3. The number of nitrogens with zero attached hydrogens (tertiary/aromatic N) is 1. The van der Waals surface area contributed by atoms with Crippen molar-refractivity contribution in [1.29, 1.82) is 0 Å². The third-order valence-electron chi connectivity index (χ3n) is 3.08. The fourth-order valence-electron chi connectivity index (χ4n) is 2.42. The van der Waals surface area contributed by atoms with E-state index in [0.717, 1.165) is 18.5 Å². The Hall–Kier alpha value is -0.340. The number of hydrogen-bond acceptors (Lipinski definition) is 2. The molecule has 88 valence electrons. The topological polar surface area (TPSA) is 29.3 Å². The van der Waals surface area contributed by atoms with Crippen molar-refractivity contribution in [2.75, 3.05) is 19.6 Å². The van der Waals surface area contributed by atoms with Crippen LogP contribution in [0.5, 0.6) is 0 Å². The van der Waals surface area contributed by atoms with E-state index in [1.165, 1.54) is 32.2 Å². The van der Waals surface area contributed by atoms with Gasteiger partial charge in [0.05, 0.1) is 0 Å². The van der Waals surface area contributed by atoms with Crippen molar-refractivity contribution >= 4 is 0 Å². The molecule has 1 fully saturated rings. The minimum absolute atomic E-state index is 0.667. The Morgan fingerprint density at radius 1 is 1.27 bits per heavy atom. The van der Waals surface area contributed by atoms with Gasteiger partial charge in [-0.3, -0.25) is 4.90 Å². The van der Waals surface area contributed by atoms with E-state index in [4.69, 9.17) is 5.73 Å². The summed E-state index contributed by atoms with van der Waals surface area (Å²) in [4.78, 5) is 2.63. The lowest BCUT2D eigenvalue weighted by molar-refractivity contribution is 0.196. The lowest BCUT2D eigenvalue weighted by Crippen LogP contribution is -2.36. The summed E-state index contributed by atoms with van der Waals surface area (Å²) in [6, 6.07) is 0.829. The number of nitrogens with two attached hydrogens (primary N) is 1. The highest BCUT2D eigenvalue weighted by Crippen LogP contribution is 2.24. The van der Waals surface area contributed by atoms with E-state index in [9.17, 15) is 0 Å². The summed E-state index contributed by atoms with van der Waals surface area (Å²) in [7, 11) is 0. The molecule has 0 atom stereocenters. The smallest absolute Gasteiger partial charge is 0.0166 e. The van der Waals surface area contributed by atoms with Crippen LogP contribution in [0.4, 0.5) is 0 Å². The fraction of sp³-hybridized carbons (Fsp3) is 0.846. The summed E-state index contributed by atoms with van der Waals surface area (Å²) in [6.45, 7) is 7.57. The van der Waals surface area contributed by atoms with Crippen molar-refractivity contribution in [1.82, 2.24) is 4.90 Å². The third kappa shape index (κ3) is 4.80. The molecule has 0 aliphatic heterocycles. The van der Waals surface area contributed by atoms with Gasteiger partial charge in [-0.25, -0.2) is 0 Å². The molecule has 15 heavy (non-hydrogen) atoms. The lowest BCUT2D eigenvalue weighted by atomic mass is 10.1. The van der Waals surface area contributed by atoms with Crippen molar-refractivity contribution in [3.8, 4) is 0 Å². The first-order valence-electron chi connectivity index (χ1n) is 6.33. The van der Waals surface area contributed by atoms with Crippen LogP contribution < -0.4 is 5.73 Å². The molecule has 1 rings (SSSR count). The van der Waals surface area contributed by atoms with Gasteiger partial charge in [-0.1, -0.05) is 38.8 Å². The van der Waals surface area contributed by atoms with Crippen molar-refractivity contribution in [3.63, 3.8) is 0 Å². The van der Waals surface area contributed by atoms with E-state index >= 15 is 0 Å². The minimum atomic E-state index is 0.667. The monoisotopic (exact) mass is 210 g/mol. The second-order valence-electron chi connectivity index (χ2n) is 4.99. The molecule has 1 saturated carbocycles. The van der Waals surface area contributed by atoms with Crippen LogP contribution in [-0.4, -0.2) is 30.6 Å². The first kappa shape index (κ1) is 12.7. The largest absolute Gasteiger partial charge is 0.327 e. The molecule has 0 radical (unpaired) electrons. The molecule has 1 aliphatic rings. The van der Waals surface area contributed by atoms with Crippen LogP contribution in [0.3, 0.4) is 0 Å². The van der Waals surface area contributed by atoms with Crippen molar-refractivity contribution < 1.29 is 0 Å². The average Bonchev–Trinajstić information content (AvgIpc) is 2.68. The van der Waals surface area contributed by atoms with Gasteiger partial charge in [0.2, 0.25) is 0 Å². The van der Waals surface area contributed by atoms with Gasteiger partial charge in [0.1, 0.15) is 0 Å². The Balaban J connectivity index is 2.40. The van der Waals surface area contributed by atoms with Crippen LogP contribution in [0.1, 0.15) is 39.5 Å². The quantitative estimate of drug-likeness (QED) is 0.682. The zero-order valence-electron chi connectivity index (χ0n) is 10.3. The molecule has 2 N–H and O–H groups in total. The van der Waals surface area contributed by atoms with Crippen molar-refractivity contribution in [3.05, 3.63) is 12.2 Å². The van der Waals surface area contributed by atoms with Gasteiger partial charge in [0.25, 0.3) is 0 Å². The van der Waals surface area contributed by atoms with Gasteiger partial charge < -0.3 is 5.73 Å². The molecule has 0 aromatic carbocycles. The van der Waals surface area contributed by atoms with Gasteiger partial charge in [0.15, 0.2) is 0 Å². The van der Waals surface area contributed by atoms with Gasteiger partial charge in [-0.15, -0.1) is 0 Å². The molecule has 1 aliphatic carbocycles. The molecular formula is C13H26N2. The van der Waals surface area contributed by atoms with Crippen LogP contribution in [-0.2, 0) is 0 Å². The minimum Gasteiger partial charge on any atom is -0.327 e. The highest BCUT2D eigenvalue weighted by Gasteiger charge is 2.21. The first-order chi connectivity index (χ1) is 7.24. The van der Waals surface area contributed by atoms with E-state index in [1.54, 1.807) is 0 Å². The zero-order valence-corrected chi connectivity index (χ0v) is 10.3. The molecule has 0 bridgehead atoms. The van der Waals surface area contributed by atoms with Crippen molar-refractivity contribution in [2.24, 2.45) is 11.7 Å². The average molecular weight is 210 g/mol. The van der Waals surface area contributed by atoms with Crippen LogP contribution in [0.25, 0.3) is 0 Å². The summed E-state index contributed by atoms with van der Waals surface area (Å²) in [5, 5.41) is 0. The van der Waals surface area contributed by atoms with Crippen LogP contribution in [0.2, 0.25) is 0 Å². The Morgan fingerprint density at radius 2 is 1.93 bits per heavy atom. The maximum Gasteiger partial charge on any atom is 0.0166 e.